The van der Waals surface area contributed by atoms with Gasteiger partial charge >= 0.3 is 6.03 Å². The molecule has 0 saturated heterocycles. The Morgan fingerprint density at radius 2 is 2.22 bits per heavy atom. The molecule has 0 fully saturated rings. The second kappa shape index (κ2) is 8.74. The van der Waals surface area contributed by atoms with Gasteiger partial charge in [-0.3, -0.25) is 0 Å². The van der Waals surface area contributed by atoms with Gasteiger partial charge in [-0.25, -0.2) is 9.18 Å². The predicted molar refractivity (Wildman–Crippen MR) is 105 cm³/mol. The zero-order chi connectivity index (χ0) is 19.2. The number of hydrogen-bond acceptors (Lipinski definition) is 3. The van der Waals surface area contributed by atoms with Crippen LogP contribution in [-0.4, -0.2) is 23.2 Å². The Morgan fingerprint density at radius 1 is 1.41 bits per heavy atom. The third kappa shape index (κ3) is 4.50. The summed E-state index contributed by atoms with van der Waals surface area (Å²) in [6.07, 6.45) is 2.41. The number of rotatable bonds is 5. The van der Waals surface area contributed by atoms with E-state index in [-0.39, 0.29) is 17.9 Å². The zero-order valence-electron chi connectivity index (χ0n) is 14.8. The molecule has 1 unspecified atom stereocenters. The van der Waals surface area contributed by atoms with Gasteiger partial charge in [0.05, 0.1) is 17.7 Å². The Bertz CT molecular complexity index is 893. The van der Waals surface area contributed by atoms with Crippen LogP contribution < -0.4 is 5.32 Å². The van der Waals surface area contributed by atoms with E-state index in [9.17, 15) is 9.18 Å². The molecule has 0 spiro atoms. The third-order valence-corrected chi connectivity index (χ3v) is 5.55. The summed E-state index contributed by atoms with van der Waals surface area (Å²) in [5.74, 6) is 0.512. The van der Waals surface area contributed by atoms with Crippen LogP contribution in [0.1, 0.15) is 29.2 Å². The molecule has 4 nitrogen and oxygen atoms in total. The highest BCUT2D eigenvalue weighted by atomic mass is 32.2. The number of nitriles is 1. The van der Waals surface area contributed by atoms with E-state index in [4.69, 9.17) is 5.26 Å². The van der Waals surface area contributed by atoms with E-state index in [1.54, 1.807) is 35.2 Å². The fourth-order valence-electron chi connectivity index (χ4n) is 3.11. The molecule has 3 rings (SSSR count). The molecule has 0 aliphatic carbocycles. The van der Waals surface area contributed by atoms with E-state index in [2.05, 4.69) is 18.0 Å². The van der Waals surface area contributed by atoms with E-state index in [1.807, 2.05) is 12.1 Å². The van der Waals surface area contributed by atoms with E-state index in [0.717, 1.165) is 23.3 Å². The summed E-state index contributed by atoms with van der Waals surface area (Å²) in [6.45, 7) is 4.47. The summed E-state index contributed by atoms with van der Waals surface area (Å²) in [4.78, 5) is 15.1. The van der Waals surface area contributed by atoms with Gasteiger partial charge < -0.3 is 10.2 Å². The molecule has 6 heteroatoms. The number of amides is 2. The number of benzene rings is 2. The van der Waals surface area contributed by atoms with Crippen LogP contribution >= 0.6 is 11.8 Å². The minimum atomic E-state index is -0.243. The van der Waals surface area contributed by atoms with E-state index >= 15 is 0 Å². The topological polar surface area (TPSA) is 56.1 Å². The molecule has 1 aliphatic heterocycles. The van der Waals surface area contributed by atoms with Crippen LogP contribution in [0, 0.1) is 17.1 Å². The van der Waals surface area contributed by atoms with Crippen molar-refractivity contribution in [3.05, 3.63) is 77.6 Å². The number of thioether (sulfide) groups is 1. The lowest BCUT2D eigenvalue weighted by atomic mass is 10.0. The molecule has 0 radical (unpaired) electrons. The average Bonchev–Trinajstić information content (AvgIpc) is 2.68. The quantitative estimate of drug-likeness (QED) is 0.768. The summed E-state index contributed by atoms with van der Waals surface area (Å²) in [6, 6.07) is 13.8. The first-order valence-electron chi connectivity index (χ1n) is 8.69. The lowest BCUT2D eigenvalue weighted by Gasteiger charge is -2.29. The lowest BCUT2D eigenvalue weighted by molar-refractivity contribution is 0.196. The predicted octanol–water partition coefficient (Wildman–Crippen LogP) is 4.63. The summed E-state index contributed by atoms with van der Waals surface area (Å²) < 4.78 is 14.0. The summed E-state index contributed by atoms with van der Waals surface area (Å²) >= 11 is 1.48. The minimum absolute atomic E-state index is 0.220. The first-order chi connectivity index (χ1) is 13.1. The lowest BCUT2D eigenvalue weighted by Crippen LogP contribution is -2.42. The Hall–Kier alpha value is -2.78. The monoisotopic (exact) mass is 381 g/mol. The van der Waals surface area contributed by atoms with Crippen LogP contribution in [0.4, 0.5) is 9.18 Å². The van der Waals surface area contributed by atoms with E-state index in [0.29, 0.717) is 23.5 Å². The van der Waals surface area contributed by atoms with Crippen molar-refractivity contribution in [1.82, 2.24) is 10.2 Å². The Kier molecular flexibility index (Phi) is 6.15. The third-order valence-electron chi connectivity index (χ3n) is 4.39. The van der Waals surface area contributed by atoms with E-state index in [1.165, 1.54) is 17.8 Å². The van der Waals surface area contributed by atoms with Crippen molar-refractivity contribution in [3.8, 4) is 6.07 Å². The number of hydrogen-bond donors (Lipinski definition) is 1. The number of urea groups is 1. The van der Waals surface area contributed by atoms with Crippen molar-refractivity contribution in [3.63, 3.8) is 0 Å². The molecule has 1 atom stereocenters. The highest BCUT2D eigenvalue weighted by Gasteiger charge is 2.26. The van der Waals surface area contributed by atoms with Gasteiger partial charge in [-0.05, 0) is 35.7 Å². The molecule has 138 valence electrons. The van der Waals surface area contributed by atoms with Crippen LogP contribution in [0.2, 0.25) is 0 Å². The summed E-state index contributed by atoms with van der Waals surface area (Å²) in [5, 5.41) is 12.1. The van der Waals surface area contributed by atoms with Gasteiger partial charge in [0.15, 0.2) is 0 Å². The minimum Gasteiger partial charge on any atom is -0.331 e. The first kappa shape index (κ1) is 19.0. The average molecular weight is 381 g/mol. The van der Waals surface area contributed by atoms with Crippen LogP contribution in [0.3, 0.4) is 0 Å². The fraction of sp³-hybridized carbons (Fsp3) is 0.238. The molecule has 1 heterocycles. The van der Waals surface area contributed by atoms with Crippen molar-refractivity contribution in [2.75, 3.05) is 12.3 Å². The molecular formula is C21H20FN3OS. The maximum Gasteiger partial charge on any atom is 0.318 e. The molecule has 2 aromatic carbocycles. The molecular weight excluding hydrogens is 361 g/mol. The van der Waals surface area contributed by atoms with Gasteiger partial charge in [-0.15, -0.1) is 18.3 Å². The molecule has 2 amide bonds. The largest absolute Gasteiger partial charge is 0.331 e. The van der Waals surface area contributed by atoms with Crippen molar-refractivity contribution >= 4 is 17.8 Å². The zero-order valence-corrected chi connectivity index (χ0v) is 15.6. The van der Waals surface area contributed by atoms with Crippen LogP contribution in [0.15, 0.2) is 60.0 Å². The number of halogens is 1. The maximum atomic E-state index is 14.0. The van der Waals surface area contributed by atoms with Crippen LogP contribution in [-0.2, 0) is 6.54 Å². The Morgan fingerprint density at radius 3 is 3.00 bits per heavy atom. The molecule has 0 saturated carbocycles. The van der Waals surface area contributed by atoms with Gasteiger partial charge in [-0.1, -0.05) is 30.3 Å². The summed E-state index contributed by atoms with van der Waals surface area (Å²) in [7, 11) is 0. The van der Waals surface area contributed by atoms with Crippen LogP contribution in [0.5, 0.6) is 0 Å². The molecule has 1 aliphatic rings. The molecule has 2 aromatic rings. The van der Waals surface area contributed by atoms with Gasteiger partial charge in [0.25, 0.3) is 0 Å². The maximum absolute atomic E-state index is 14.0. The van der Waals surface area contributed by atoms with Gasteiger partial charge in [0.1, 0.15) is 5.82 Å². The molecule has 0 aromatic heterocycles. The van der Waals surface area contributed by atoms with Crippen molar-refractivity contribution < 1.29 is 9.18 Å². The fourth-order valence-corrected chi connectivity index (χ4v) is 4.25. The standard InChI is InChI=1S/C21H20FN3OS/c1-2-10-25(14-16-6-3-5-15(12-16)13-23)21(26)24-19-9-11-27-20-17(19)7-4-8-18(20)22/h2-8,12,19H,1,9-11,14H2,(H,24,26). The highest BCUT2D eigenvalue weighted by molar-refractivity contribution is 7.99. The number of nitrogens with one attached hydrogen (secondary N) is 1. The second-order valence-corrected chi connectivity index (χ2v) is 7.38. The Balaban J connectivity index is 1.76. The highest BCUT2D eigenvalue weighted by Crippen LogP contribution is 2.37. The first-order valence-corrected chi connectivity index (χ1v) is 9.67. The van der Waals surface area contributed by atoms with Crippen molar-refractivity contribution in [2.24, 2.45) is 0 Å². The second-order valence-electron chi connectivity index (χ2n) is 6.28. The smallest absolute Gasteiger partial charge is 0.318 e. The molecule has 1 N–H and O–H groups in total. The van der Waals surface area contributed by atoms with Gasteiger partial charge in [0, 0.05) is 23.7 Å². The number of carbonyl (C=O) groups is 1. The molecule has 0 bridgehead atoms. The number of nitrogens with zero attached hydrogens (tertiary/aromatic N) is 2. The summed E-state index contributed by atoms with van der Waals surface area (Å²) in [5.41, 5.74) is 2.25. The normalized spacial score (nSPS) is 15.3. The SMILES string of the molecule is C=CCN(Cc1cccc(C#N)c1)C(=O)NC1CCSc2c(F)cccc21. The van der Waals surface area contributed by atoms with Gasteiger partial charge in [-0.2, -0.15) is 5.26 Å². The Labute approximate surface area is 162 Å². The van der Waals surface area contributed by atoms with Crippen LogP contribution in [0.25, 0.3) is 0 Å². The number of carbonyl (C=O) groups excluding carboxylic acids is 1. The van der Waals surface area contributed by atoms with Crippen molar-refractivity contribution in [1.29, 1.82) is 5.26 Å². The van der Waals surface area contributed by atoms with E-state index < -0.39 is 0 Å². The van der Waals surface area contributed by atoms with Gasteiger partial charge in [0.2, 0.25) is 0 Å². The van der Waals surface area contributed by atoms with Crippen molar-refractivity contribution in [2.45, 2.75) is 23.9 Å². The molecule has 27 heavy (non-hydrogen) atoms. The number of fused-ring (bicyclic) bond motifs is 1.